The van der Waals surface area contributed by atoms with Gasteiger partial charge >= 0.3 is 0 Å². The number of aryl methyl sites for hydroxylation is 1. The standard InChI is InChI=1S/C15H18N2O4S/c1-10-4-6-12(7-5-10)11(2)17-15(18)13-8-9-14(21-13)22(19,20)16-3/h4-9,11,16H,1-3H3,(H,17,18)/t11-/m0/s1. The highest BCUT2D eigenvalue weighted by atomic mass is 32.2. The van der Waals surface area contributed by atoms with Crippen LogP contribution in [0.1, 0.15) is 34.6 Å². The number of hydrogen-bond acceptors (Lipinski definition) is 4. The van der Waals surface area contributed by atoms with Gasteiger partial charge in [-0.15, -0.1) is 0 Å². The topological polar surface area (TPSA) is 88.4 Å². The number of rotatable bonds is 5. The summed E-state index contributed by atoms with van der Waals surface area (Å²) in [5.41, 5.74) is 2.09. The number of benzene rings is 1. The first kappa shape index (κ1) is 16.3. The molecule has 118 valence electrons. The highest BCUT2D eigenvalue weighted by Crippen LogP contribution is 2.16. The molecule has 2 aromatic rings. The molecule has 0 saturated carbocycles. The van der Waals surface area contributed by atoms with E-state index < -0.39 is 15.9 Å². The molecule has 0 saturated heterocycles. The van der Waals surface area contributed by atoms with Crippen molar-refractivity contribution in [3.05, 3.63) is 53.3 Å². The molecule has 7 heteroatoms. The van der Waals surface area contributed by atoms with Gasteiger partial charge in [0.15, 0.2) is 5.76 Å². The van der Waals surface area contributed by atoms with Gasteiger partial charge in [-0.3, -0.25) is 4.79 Å². The van der Waals surface area contributed by atoms with E-state index in [-0.39, 0.29) is 16.9 Å². The predicted octanol–water partition coefficient (Wildman–Crippen LogP) is 1.99. The van der Waals surface area contributed by atoms with Crippen LogP contribution in [0.4, 0.5) is 0 Å². The average molecular weight is 322 g/mol. The normalized spacial score (nSPS) is 12.9. The number of carbonyl (C=O) groups is 1. The van der Waals surface area contributed by atoms with E-state index in [9.17, 15) is 13.2 Å². The van der Waals surface area contributed by atoms with Gasteiger partial charge in [0.1, 0.15) is 0 Å². The number of amides is 1. The lowest BCUT2D eigenvalue weighted by molar-refractivity contribution is 0.0906. The Morgan fingerprint density at radius 3 is 2.36 bits per heavy atom. The van der Waals surface area contributed by atoms with Crippen molar-refractivity contribution in [1.29, 1.82) is 0 Å². The summed E-state index contributed by atoms with van der Waals surface area (Å²) in [5.74, 6) is -0.515. The van der Waals surface area contributed by atoms with E-state index in [0.717, 1.165) is 11.1 Å². The van der Waals surface area contributed by atoms with Crippen molar-refractivity contribution >= 4 is 15.9 Å². The summed E-state index contributed by atoms with van der Waals surface area (Å²) in [6.45, 7) is 3.83. The minimum absolute atomic E-state index is 0.0483. The Kier molecular flexibility index (Phi) is 4.68. The van der Waals surface area contributed by atoms with Gasteiger partial charge in [0, 0.05) is 0 Å². The SMILES string of the molecule is CNS(=O)(=O)c1ccc(C(=O)N[C@@H](C)c2ccc(C)cc2)o1. The van der Waals surface area contributed by atoms with E-state index in [4.69, 9.17) is 4.42 Å². The van der Waals surface area contributed by atoms with Crippen molar-refractivity contribution in [2.75, 3.05) is 7.05 Å². The van der Waals surface area contributed by atoms with Gasteiger partial charge in [-0.05, 0) is 38.6 Å². The van der Waals surface area contributed by atoms with E-state index in [0.29, 0.717) is 0 Å². The second-order valence-corrected chi connectivity index (χ2v) is 6.75. The molecule has 22 heavy (non-hydrogen) atoms. The summed E-state index contributed by atoms with van der Waals surface area (Å²) in [5, 5.41) is 2.48. The number of sulfonamides is 1. The van der Waals surface area contributed by atoms with Crippen molar-refractivity contribution in [2.24, 2.45) is 0 Å². The maximum absolute atomic E-state index is 12.1. The molecule has 0 aliphatic rings. The molecule has 0 radical (unpaired) electrons. The summed E-state index contributed by atoms with van der Waals surface area (Å²) in [7, 11) is -2.42. The second-order valence-electron chi connectivity index (χ2n) is 4.93. The van der Waals surface area contributed by atoms with Crippen LogP contribution in [0.25, 0.3) is 0 Å². The lowest BCUT2D eigenvalue weighted by atomic mass is 10.1. The number of furan rings is 1. The van der Waals surface area contributed by atoms with Crippen LogP contribution in [0.3, 0.4) is 0 Å². The van der Waals surface area contributed by atoms with Crippen molar-refractivity contribution in [3.63, 3.8) is 0 Å². The van der Waals surface area contributed by atoms with Gasteiger partial charge < -0.3 is 9.73 Å². The lowest BCUT2D eigenvalue weighted by Crippen LogP contribution is -2.26. The highest BCUT2D eigenvalue weighted by Gasteiger charge is 2.20. The largest absolute Gasteiger partial charge is 0.438 e. The predicted molar refractivity (Wildman–Crippen MR) is 82.0 cm³/mol. The number of nitrogens with one attached hydrogen (secondary N) is 2. The molecule has 1 heterocycles. The first-order valence-corrected chi connectivity index (χ1v) is 8.22. The number of hydrogen-bond donors (Lipinski definition) is 2. The van der Waals surface area contributed by atoms with Crippen LogP contribution in [0, 0.1) is 6.92 Å². The number of carbonyl (C=O) groups excluding carboxylic acids is 1. The van der Waals surface area contributed by atoms with Crippen LogP contribution in [0.5, 0.6) is 0 Å². The zero-order valence-electron chi connectivity index (χ0n) is 12.6. The van der Waals surface area contributed by atoms with Gasteiger partial charge in [-0.2, -0.15) is 0 Å². The third-order valence-electron chi connectivity index (χ3n) is 3.26. The molecule has 0 aliphatic heterocycles. The van der Waals surface area contributed by atoms with Crippen molar-refractivity contribution < 1.29 is 17.6 Å². The van der Waals surface area contributed by atoms with Crippen molar-refractivity contribution in [2.45, 2.75) is 25.0 Å². The van der Waals surface area contributed by atoms with Gasteiger partial charge in [0.25, 0.3) is 15.9 Å². The molecule has 0 unspecified atom stereocenters. The van der Waals surface area contributed by atoms with Crippen LogP contribution in [-0.2, 0) is 10.0 Å². The molecule has 1 atom stereocenters. The van der Waals surface area contributed by atoms with Crippen LogP contribution < -0.4 is 10.0 Å². The average Bonchev–Trinajstić information content (AvgIpc) is 2.98. The Labute approximate surface area is 129 Å². The van der Waals surface area contributed by atoms with E-state index in [1.807, 2.05) is 38.1 Å². The maximum Gasteiger partial charge on any atom is 0.287 e. The molecule has 6 nitrogen and oxygen atoms in total. The van der Waals surface area contributed by atoms with Crippen LogP contribution in [0.15, 0.2) is 45.9 Å². The molecule has 1 amide bonds. The van der Waals surface area contributed by atoms with Gasteiger partial charge in [0.2, 0.25) is 5.09 Å². The Hall–Kier alpha value is -2.12. The van der Waals surface area contributed by atoms with Crippen LogP contribution in [0.2, 0.25) is 0 Å². The molecular formula is C15H18N2O4S. The summed E-state index contributed by atoms with van der Waals surface area (Å²) < 4.78 is 30.4. The fourth-order valence-electron chi connectivity index (χ4n) is 1.89. The van der Waals surface area contributed by atoms with Crippen LogP contribution in [-0.4, -0.2) is 21.4 Å². The smallest absolute Gasteiger partial charge is 0.287 e. The molecule has 2 rings (SSSR count). The monoisotopic (exact) mass is 322 g/mol. The van der Waals surface area contributed by atoms with E-state index in [2.05, 4.69) is 10.0 Å². The lowest BCUT2D eigenvalue weighted by Gasteiger charge is -2.13. The molecule has 1 aromatic carbocycles. The van der Waals surface area contributed by atoms with Crippen molar-refractivity contribution in [1.82, 2.24) is 10.0 Å². The third kappa shape index (κ3) is 3.55. The van der Waals surface area contributed by atoms with E-state index in [1.165, 1.54) is 19.2 Å². The minimum atomic E-state index is -3.69. The van der Waals surface area contributed by atoms with Gasteiger partial charge in [-0.1, -0.05) is 29.8 Å². The fraction of sp³-hybridized carbons (Fsp3) is 0.267. The molecule has 0 spiro atoms. The summed E-state index contributed by atoms with van der Waals surface area (Å²) in [6.07, 6.45) is 0. The molecule has 0 bridgehead atoms. The molecule has 0 fully saturated rings. The van der Waals surface area contributed by atoms with E-state index >= 15 is 0 Å². The molecule has 0 aliphatic carbocycles. The maximum atomic E-state index is 12.1. The Morgan fingerprint density at radius 2 is 1.77 bits per heavy atom. The summed E-state index contributed by atoms with van der Waals surface area (Å²) in [6, 6.07) is 10.1. The first-order valence-electron chi connectivity index (χ1n) is 6.74. The highest BCUT2D eigenvalue weighted by molar-refractivity contribution is 7.89. The zero-order valence-corrected chi connectivity index (χ0v) is 13.4. The van der Waals surface area contributed by atoms with E-state index in [1.54, 1.807) is 0 Å². The summed E-state index contributed by atoms with van der Waals surface area (Å²) >= 11 is 0. The first-order chi connectivity index (χ1) is 10.3. The minimum Gasteiger partial charge on any atom is -0.438 e. The Bertz CT molecular complexity index is 763. The zero-order chi connectivity index (χ0) is 16.3. The molecular weight excluding hydrogens is 304 g/mol. The van der Waals surface area contributed by atoms with Crippen LogP contribution >= 0.6 is 0 Å². The molecule has 1 aromatic heterocycles. The summed E-state index contributed by atoms with van der Waals surface area (Å²) in [4.78, 5) is 12.1. The van der Waals surface area contributed by atoms with Crippen molar-refractivity contribution in [3.8, 4) is 0 Å². The van der Waals surface area contributed by atoms with Gasteiger partial charge in [-0.25, -0.2) is 13.1 Å². The third-order valence-corrected chi connectivity index (χ3v) is 4.55. The van der Waals surface area contributed by atoms with Gasteiger partial charge in [0.05, 0.1) is 6.04 Å². The fourth-order valence-corrected chi connectivity index (χ4v) is 2.54. The molecule has 2 N–H and O–H groups in total. The Balaban J connectivity index is 2.11. The Morgan fingerprint density at radius 1 is 1.14 bits per heavy atom. The second kappa shape index (κ2) is 6.33. The quantitative estimate of drug-likeness (QED) is 0.881.